The quantitative estimate of drug-likeness (QED) is 0.318. The van der Waals surface area contributed by atoms with Gasteiger partial charge >= 0.3 is 0 Å². The highest BCUT2D eigenvalue weighted by atomic mass is 35.5. The molecule has 1 aromatic rings. The summed E-state index contributed by atoms with van der Waals surface area (Å²) in [6.07, 6.45) is 12.0. The van der Waals surface area contributed by atoms with E-state index in [4.69, 9.17) is 9.47 Å². The van der Waals surface area contributed by atoms with Crippen LogP contribution in [-0.2, 0) is 4.74 Å². The number of benzene rings is 1. The fourth-order valence-corrected chi connectivity index (χ4v) is 6.69. The Morgan fingerprint density at radius 2 is 1.50 bits per heavy atom. The number of hydrogen-bond acceptors (Lipinski definition) is 5. The van der Waals surface area contributed by atoms with Crippen LogP contribution in [0.3, 0.4) is 0 Å². The van der Waals surface area contributed by atoms with Gasteiger partial charge in [-0.25, -0.2) is 0 Å². The highest BCUT2D eigenvalue weighted by Gasteiger charge is 2.35. The van der Waals surface area contributed by atoms with E-state index in [0.717, 1.165) is 45.1 Å². The van der Waals surface area contributed by atoms with Crippen LogP contribution in [0.15, 0.2) is 12.1 Å². The molecule has 0 atom stereocenters. The standard InChI is InChI=1S/C30H51N3O2.ClH/c1-5-8-9-14-31-15-17-32(18-16-31)27-24-29(34-4)28(33-19-21-35-22-20-33)23-26(27)25-10-12-30(6-2,7-3)13-11-25;/h23-25H,5-22H2,1-4H3;1H. The van der Waals surface area contributed by atoms with Crippen molar-refractivity contribution in [2.24, 2.45) is 5.41 Å². The molecule has 0 spiro atoms. The van der Waals surface area contributed by atoms with Crippen molar-refractivity contribution in [1.29, 1.82) is 0 Å². The molecule has 0 bridgehead atoms. The van der Waals surface area contributed by atoms with Crippen molar-refractivity contribution < 1.29 is 9.47 Å². The van der Waals surface area contributed by atoms with Gasteiger partial charge in [0.2, 0.25) is 0 Å². The largest absolute Gasteiger partial charge is 0.495 e. The number of unbranched alkanes of at least 4 members (excludes halogenated alkanes) is 2. The van der Waals surface area contributed by atoms with Crippen molar-refractivity contribution in [3.8, 4) is 5.75 Å². The average molecular weight is 522 g/mol. The van der Waals surface area contributed by atoms with Gasteiger partial charge in [-0.1, -0.05) is 46.5 Å². The van der Waals surface area contributed by atoms with Crippen LogP contribution < -0.4 is 14.5 Å². The highest BCUT2D eigenvalue weighted by Crippen LogP contribution is 2.50. The number of anilines is 2. The molecule has 0 N–H and O–H groups in total. The molecule has 2 aliphatic heterocycles. The Hall–Kier alpha value is -1.17. The Balaban J connectivity index is 0.00000361. The van der Waals surface area contributed by atoms with Crippen LogP contribution in [0.4, 0.5) is 11.4 Å². The predicted molar refractivity (Wildman–Crippen MR) is 156 cm³/mol. The Morgan fingerprint density at radius 3 is 2.08 bits per heavy atom. The zero-order chi connectivity index (χ0) is 24.7. The first kappa shape index (κ1) is 29.4. The molecule has 4 rings (SSSR count). The minimum atomic E-state index is 0. The second-order valence-electron chi connectivity index (χ2n) is 11.2. The van der Waals surface area contributed by atoms with Gasteiger partial charge in [0.25, 0.3) is 0 Å². The monoisotopic (exact) mass is 521 g/mol. The molecule has 2 heterocycles. The van der Waals surface area contributed by atoms with Gasteiger partial charge in [-0.05, 0) is 61.6 Å². The number of rotatable bonds is 10. The van der Waals surface area contributed by atoms with Crippen LogP contribution >= 0.6 is 12.4 Å². The Kier molecular flexibility index (Phi) is 11.5. The maximum Gasteiger partial charge on any atom is 0.144 e. The van der Waals surface area contributed by atoms with Crippen molar-refractivity contribution in [2.75, 3.05) is 75.9 Å². The number of ether oxygens (including phenoxy) is 2. The van der Waals surface area contributed by atoms with Crippen LogP contribution in [0.25, 0.3) is 0 Å². The molecule has 0 unspecified atom stereocenters. The fourth-order valence-electron chi connectivity index (χ4n) is 6.69. The lowest BCUT2D eigenvalue weighted by molar-refractivity contribution is 0.122. The number of halogens is 1. The third-order valence-electron chi connectivity index (χ3n) is 9.46. The lowest BCUT2D eigenvalue weighted by Gasteiger charge is -2.42. The van der Waals surface area contributed by atoms with Gasteiger partial charge in [0.1, 0.15) is 5.75 Å². The molecule has 1 aliphatic carbocycles. The zero-order valence-electron chi connectivity index (χ0n) is 23.5. The van der Waals surface area contributed by atoms with Crippen LogP contribution in [0.1, 0.15) is 90.0 Å². The van der Waals surface area contributed by atoms with Gasteiger partial charge < -0.3 is 19.3 Å². The lowest BCUT2D eigenvalue weighted by atomic mass is 9.66. The number of methoxy groups -OCH3 is 1. The molecule has 6 heteroatoms. The van der Waals surface area contributed by atoms with Gasteiger partial charge in [-0.15, -0.1) is 12.4 Å². The van der Waals surface area contributed by atoms with E-state index < -0.39 is 0 Å². The number of hydrogen-bond donors (Lipinski definition) is 0. The molecule has 3 aliphatic rings. The summed E-state index contributed by atoms with van der Waals surface area (Å²) in [5, 5.41) is 0. The van der Waals surface area contributed by atoms with E-state index in [1.54, 1.807) is 5.56 Å². The van der Waals surface area contributed by atoms with E-state index in [-0.39, 0.29) is 12.4 Å². The second kappa shape index (κ2) is 14.1. The molecular formula is C30H52ClN3O2. The summed E-state index contributed by atoms with van der Waals surface area (Å²) < 4.78 is 11.7. The molecule has 1 aromatic carbocycles. The topological polar surface area (TPSA) is 28.2 Å². The summed E-state index contributed by atoms with van der Waals surface area (Å²) in [6, 6.07) is 4.90. The normalized spacial score (nSPS) is 21.3. The van der Waals surface area contributed by atoms with Crippen molar-refractivity contribution in [3.63, 3.8) is 0 Å². The highest BCUT2D eigenvalue weighted by molar-refractivity contribution is 5.85. The summed E-state index contributed by atoms with van der Waals surface area (Å²) in [5.41, 5.74) is 4.86. The number of morpholine rings is 1. The summed E-state index contributed by atoms with van der Waals surface area (Å²) >= 11 is 0. The van der Waals surface area contributed by atoms with E-state index >= 15 is 0 Å². The molecular weight excluding hydrogens is 470 g/mol. The van der Waals surface area contributed by atoms with Crippen LogP contribution in [0.2, 0.25) is 0 Å². The molecule has 5 nitrogen and oxygen atoms in total. The van der Waals surface area contributed by atoms with E-state index in [1.165, 1.54) is 88.8 Å². The van der Waals surface area contributed by atoms with Crippen molar-refractivity contribution >= 4 is 23.8 Å². The van der Waals surface area contributed by atoms with E-state index in [0.29, 0.717) is 11.3 Å². The Morgan fingerprint density at radius 1 is 0.861 bits per heavy atom. The van der Waals surface area contributed by atoms with E-state index in [1.807, 2.05) is 7.11 Å². The molecule has 1 saturated carbocycles. The summed E-state index contributed by atoms with van der Waals surface area (Å²) in [4.78, 5) is 7.81. The maximum absolute atomic E-state index is 6.01. The third kappa shape index (κ3) is 6.82. The SMILES string of the molecule is CCCCCN1CCN(c2cc(OC)c(N3CCOCC3)cc2C2CCC(CC)(CC)CC2)CC1.Cl. The van der Waals surface area contributed by atoms with Gasteiger partial charge in [-0.2, -0.15) is 0 Å². The van der Waals surface area contributed by atoms with Crippen LogP contribution in [0, 0.1) is 5.41 Å². The smallest absolute Gasteiger partial charge is 0.144 e. The minimum absolute atomic E-state index is 0. The third-order valence-corrected chi connectivity index (χ3v) is 9.46. The van der Waals surface area contributed by atoms with Gasteiger partial charge in [0.15, 0.2) is 0 Å². The minimum Gasteiger partial charge on any atom is -0.495 e. The first-order valence-electron chi connectivity index (χ1n) is 14.6. The first-order chi connectivity index (χ1) is 17.1. The molecule has 2 saturated heterocycles. The summed E-state index contributed by atoms with van der Waals surface area (Å²) in [7, 11) is 1.84. The Labute approximate surface area is 227 Å². The van der Waals surface area contributed by atoms with Gasteiger partial charge in [0, 0.05) is 51.0 Å². The summed E-state index contributed by atoms with van der Waals surface area (Å²) in [6.45, 7) is 16.5. The second-order valence-corrected chi connectivity index (χ2v) is 11.2. The van der Waals surface area contributed by atoms with Gasteiger partial charge in [0.05, 0.1) is 26.0 Å². The molecule has 0 radical (unpaired) electrons. The average Bonchev–Trinajstić information content (AvgIpc) is 2.93. The van der Waals surface area contributed by atoms with Crippen LogP contribution in [0.5, 0.6) is 5.75 Å². The predicted octanol–water partition coefficient (Wildman–Crippen LogP) is 6.73. The number of nitrogens with zero attached hydrogens (tertiary/aromatic N) is 3. The van der Waals surface area contributed by atoms with Crippen molar-refractivity contribution in [3.05, 3.63) is 17.7 Å². The Bertz CT molecular complexity index is 777. The maximum atomic E-state index is 6.01. The van der Waals surface area contributed by atoms with Gasteiger partial charge in [-0.3, -0.25) is 4.90 Å². The van der Waals surface area contributed by atoms with Crippen molar-refractivity contribution in [2.45, 2.75) is 84.5 Å². The first-order valence-corrected chi connectivity index (χ1v) is 14.6. The molecule has 0 aromatic heterocycles. The molecule has 0 amide bonds. The molecule has 36 heavy (non-hydrogen) atoms. The van der Waals surface area contributed by atoms with Crippen LogP contribution in [-0.4, -0.2) is 71.0 Å². The summed E-state index contributed by atoms with van der Waals surface area (Å²) in [5.74, 6) is 1.69. The lowest BCUT2D eigenvalue weighted by Crippen LogP contribution is -2.47. The zero-order valence-corrected chi connectivity index (χ0v) is 24.3. The molecule has 3 fully saturated rings. The van der Waals surface area contributed by atoms with E-state index in [9.17, 15) is 0 Å². The van der Waals surface area contributed by atoms with Crippen molar-refractivity contribution in [1.82, 2.24) is 4.90 Å². The fraction of sp³-hybridized carbons (Fsp3) is 0.800. The van der Waals surface area contributed by atoms with E-state index in [2.05, 4.69) is 47.6 Å². The molecule has 206 valence electrons. The number of piperazine rings is 1.